The molecule has 0 fully saturated rings. The number of hydrogen-bond donors (Lipinski definition) is 1. The lowest BCUT2D eigenvalue weighted by molar-refractivity contribution is -0.116. The van der Waals surface area contributed by atoms with Gasteiger partial charge in [-0.25, -0.2) is 0 Å². The number of halogens is 2. The van der Waals surface area contributed by atoms with Gasteiger partial charge in [-0.3, -0.25) is 4.79 Å². The van der Waals surface area contributed by atoms with Crippen LogP contribution in [0.3, 0.4) is 0 Å². The van der Waals surface area contributed by atoms with Crippen LogP contribution in [-0.2, 0) is 4.79 Å². The van der Waals surface area contributed by atoms with Crippen LogP contribution in [0.25, 0.3) is 0 Å². The zero-order valence-electron chi connectivity index (χ0n) is 11.1. The molecule has 1 amide bonds. The number of para-hydroxylation sites is 1. The van der Waals surface area contributed by atoms with E-state index in [4.69, 9.17) is 27.9 Å². The minimum Gasteiger partial charge on any atom is -0.492 e. The van der Waals surface area contributed by atoms with Crippen molar-refractivity contribution in [2.45, 2.75) is 12.8 Å². The molecule has 1 N–H and O–H groups in total. The molecule has 7 heteroatoms. The number of rotatable bonds is 6. The van der Waals surface area contributed by atoms with Crippen molar-refractivity contribution in [1.29, 1.82) is 0 Å². The van der Waals surface area contributed by atoms with Crippen molar-refractivity contribution in [3.63, 3.8) is 0 Å². The molecular weight excluding hydrogens is 313 g/mol. The van der Waals surface area contributed by atoms with Gasteiger partial charge in [0.05, 0.1) is 11.6 Å². The van der Waals surface area contributed by atoms with Gasteiger partial charge in [-0.1, -0.05) is 35.3 Å². The van der Waals surface area contributed by atoms with E-state index in [1.165, 1.54) is 0 Å². The fourth-order valence-electron chi connectivity index (χ4n) is 1.56. The van der Waals surface area contributed by atoms with Crippen molar-refractivity contribution >= 4 is 34.9 Å². The SMILES string of the molecule is O=C(CCCOc1ccccc1Cl)Nc1ccc(Cl)nn1. The number of nitrogens with zero attached hydrogens (tertiary/aromatic N) is 2. The van der Waals surface area contributed by atoms with E-state index in [1.807, 2.05) is 12.1 Å². The molecule has 0 aliphatic heterocycles. The minimum absolute atomic E-state index is 0.158. The molecule has 2 aromatic rings. The van der Waals surface area contributed by atoms with E-state index >= 15 is 0 Å². The van der Waals surface area contributed by atoms with Crippen LogP contribution >= 0.6 is 23.2 Å². The Bertz CT molecular complexity index is 605. The van der Waals surface area contributed by atoms with Gasteiger partial charge in [0.25, 0.3) is 0 Å². The van der Waals surface area contributed by atoms with Gasteiger partial charge in [0.15, 0.2) is 11.0 Å². The Morgan fingerprint density at radius 3 is 2.67 bits per heavy atom. The second-order valence-electron chi connectivity index (χ2n) is 4.17. The van der Waals surface area contributed by atoms with Gasteiger partial charge in [-0.2, -0.15) is 0 Å². The van der Waals surface area contributed by atoms with Gasteiger partial charge in [-0.15, -0.1) is 10.2 Å². The van der Waals surface area contributed by atoms with Crippen LogP contribution in [0.5, 0.6) is 5.75 Å². The van der Waals surface area contributed by atoms with Gasteiger partial charge in [-0.05, 0) is 30.7 Å². The number of benzene rings is 1. The van der Waals surface area contributed by atoms with Crippen LogP contribution in [0.15, 0.2) is 36.4 Å². The molecule has 1 heterocycles. The van der Waals surface area contributed by atoms with E-state index in [2.05, 4.69) is 15.5 Å². The van der Waals surface area contributed by atoms with Crippen molar-refractivity contribution in [2.75, 3.05) is 11.9 Å². The molecular formula is C14H13Cl2N3O2. The first-order valence-corrected chi connectivity index (χ1v) is 7.07. The first-order valence-electron chi connectivity index (χ1n) is 6.31. The zero-order chi connectivity index (χ0) is 15.1. The van der Waals surface area contributed by atoms with Gasteiger partial charge in [0.2, 0.25) is 5.91 Å². The lowest BCUT2D eigenvalue weighted by atomic mass is 10.3. The molecule has 110 valence electrons. The zero-order valence-corrected chi connectivity index (χ0v) is 12.6. The average molecular weight is 326 g/mol. The molecule has 0 spiro atoms. The number of carbonyl (C=O) groups is 1. The molecule has 0 saturated carbocycles. The minimum atomic E-state index is -0.158. The predicted octanol–water partition coefficient (Wildman–Crippen LogP) is 3.58. The van der Waals surface area contributed by atoms with Gasteiger partial charge < -0.3 is 10.1 Å². The lowest BCUT2D eigenvalue weighted by Crippen LogP contribution is -2.14. The normalized spacial score (nSPS) is 10.2. The molecule has 5 nitrogen and oxygen atoms in total. The molecule has 0 saturated heterocycles. The van der Waals surface area contributed by atoms with Crippen molar-refractivity contribution < 1.29 is 9.53 Å². The van der Waals surface area contributed by atoms with E-state index in [0.717, 1.165) is 0 Å². The summed E-state index contributed by atoms with van der Waals surface area (Å²) >= 11 is 11.6. The summed E-state index contributed by atoms with van der Waals surface area (Å²) in [6.07, 6.45) is 0.882. The maximum Gasteiger partial charge on any atom is 0.225 e. The molecule has 21 heavy (non-hydrogen) atoms. The number of hydrogen-bond acceptors (Lipinski definition) is 4. The first-order chi connectivity index (χ1) is 10.1. The van der Waals surface area contributed by atoms with Crippen LogP contribution in [0.2, 0.25) is 10.2 Å². The maximum atomic E-state index is 11.7. The molecule has 1 aromatic heterocycles. The van der Waals surface area contributed by atoms with Crippen LogP contribution in [-0.4, -0.2) is 22.7 Å². The molecule has 0 unspecified atom stereocenters. The summed E-state index contributed by atoms with van der Waals surface area (Å²) in [5.74, 6) is 0.828. The van der Waals surface area contributed by atoms with Crippen molar-refractivity contribution in [3.8, 4) is 5.75 Å². The monoisotopic (exact) mass is 325 g/mol. The van der Waals surface area contributed by atoms with Gasteiger partial charge in [0, 0.05) is 6.42 Å². The summed E-state index contributed by atoms with van der Waals surface area (Å²) in [6, 6.07) is 10.4. The summed E-state index contributed by atoms with van der Waals surface area (Å²) in [6.45, 7) is 0.406. The fraction of sp³-hybridized carbons (Fsp3) is 0.214. The quantitative estimate of drug-likeness (QED) is 0.824. The third kappa shape index (κ3) is 5.21. The van der Waals surface area contributed by atoms with E-state index in [9.17, 15) is 4.79 Å². The third-order valence-corrected chi connectivity index (χ3v) is 3.06. The van der Waals surface area contributed by atoms with E-state index in [1.54, 1.807) is 24.3 Å². The molecule has 0 radical (unpaired) electrons. The Morgan fingerprint density at radius 2 is 1.95 bits per heavy atom. The Hall–Kier alpha value is -1.85. The number of aromatic nitrogens is 2. The summed E-state index contributed by atoms with van der Waals surface area (Å²) in [5, 5.41) is 10.8. The fourth-order valence-corrected chi connectivity index (χ4v) is 1.86. The number of amides is 1. The highest BCUT2D eigenvalue weighted by Gasteiger charge is 2.05. The second-order valence-corrected chi connectivity index (χ2v) is 4.97. The van der Waals surface area contributed by atoms with Crippen molar-refractivity contribution in [3.05, 3.63) is 46.6 Å². The summed E-state index contributed by atoms with van der Waals surface area (Å²) in [5.41, 5.74) is 0. The Labute approximate surface area is 132 Å². The van der Waals surface area contributed by atoms with Crippen LogP contribution in [0.1, 0.15) is 12.8 Å². The van der Waals surface area contributed by atoms with Gasteiger partial charge >= 0.3 is 0 Å². The van der Waals surface area contributed by atoms with Crippen LogP contribution in [0.4, 0.5) is 5.82 Å². The third-order valence-electron chi connectivity index (χ3n) is 2.54. The van der Waals surface area contributed by atoms with Crippen molar-refractivity contribution in [2.24, 2.45) is 0 Å². The average Bonchev–Trinajstić information content (AvgIpc) is 2.48. The topological polar surface area (TPSA) is 64.1 Å². The molecule has 1 aromatic carbocycles. The molecule has 0 atom stereocenters. The van der Waals surface area contributed by atoms with E-state index < -0.39 is 0 Å². The van der Waals surface area contributed by atoms with E-state index in [-0.39, 0.29) is 11.1 Å². The predicted molar refractivity (Wildman–Crippen MR) is 81.9 cm³/mol. The Kier molecular flexibility index (Phi) is 5.78. The summed E-state index contributed by atoms with van der Waals surface area (Å²) < 4.78 is 5.50. The summed E-state index contributed by atoms with van der Waals surface area (Å²) in [4.78, 5) is 11.7. The highest BCUT2D eigenvalue weighted by molar-refractivity contribution is 6.32. The lowest BCUT2D eigenvalue weighted by Gasteiger charge is -2.07. The smallest absolute Gasteiger partial charge is 0.225 e. The number of nitrogens with one attached hydrogen (secondary N) is 1. The van der Waals surface area contributed by atoms with Crippen LogP contribution < -0.4 is 10.1 Å². The second kappa shape index (κ2) is 7.81. The highest BCUT2D eigenvalue weighted by atomic mass is 35.5. The maximum absolute atomic E-state index is 11.7. The molecule has 0 bridgehead atoms. The highest BCUT2D eigenvalue weighted by Crippen LogP contribution is 2.23. The van der Waals surface area contributed by atoms with Crippen LogP contribution in [0, 0.1) is 0 Å². The molecule has 0 aliphatic carbocycles. The molecule has 0 aliphatic rings. The Balaban J connectivity index is 1.70. The van der Waals surface area contributed by atoms with Gasteiger partial charge in [0.1, 0.15) is 5.75 Å². The van der Waals surface area contributed by atoms with Crippen molar-refractivity contribution in [1.82, 2.24) is 10.2 Å². The largest absolute Gasteiger partial charge is 0.492 e. The Morgan fingerprint density at radius 1 is 1.14 bits per heavy atom. The standard InChI is InChI=1S/C14H13Cl2N3O2/c15-10-4-1-2-5-11(10)21-9-3-6-14(20)17-13-8-7-12(16)18-19-13/h1-2,4-5,7-8H,3,6,9H2,(H,17,19,20). The van der Waals surface area contributed by atoms with E-state index in [0.29, 0.717) is 36.0 Å². The number of ether oxygens (including phenoxy) is 1. The number of anilines is 1. The number of carbonyl (C=O) groups excluding carboxylic acids is 1. The summed E-state index contributed by atoms with van der Waals surface area (Å²) in [7, 11) is 0. The first kappa shape index (κ1) is 15.5. The molecule has 2 rings (SSSR count).